The summed E-state index contributed by atoms with van der Waals surface area (Å²) in [6, 6.07) is 88.0. The minimum atomic E-state index is 1.07. The second kappa shape index (κ2) is 15.1. The Morgan fingerprint density at radius 2 is 0.783 bits per heavy atom. The van der Waals surface area contributed by atoms with Crippen LogP contribution in [0.2, 0.25) is 0 Å². The first-order valence-corrected chi connectivity index (χ1v) is 20.6. The summed E-state index contributed by atoms with van der Waals surface area (Å²) in [6.07, 6.45) is 0. The Bertz CT molecular complexity index is 3280. The second-order valence-corrected chi connectivity index (χ2v) is 15.3. The lowest BCUT2D eigenvalue weighted by molar-refractivity contribution is 1.19. The fourth-order valence-electron chi connectivity index (χ4n) is 8.94. The summed E-state index contributed by atoms with van der Waals surface area (Å²) in [4.78, 5) is 2.44. The Kier molecular flexibility index (Phi) is 8.87. The van der Waals surface area contributed by atoms with Gasteiger partial charge in [-0.25, -0.2) is 0 Å². The molecule has 0 saturated carbocycles. The van der Waals surface area contributed by atoms with E-state index in [0.29, 0.717) is 0 Å². The van der Waals surface area contributed by atoms with Crippen molar-refractivity contribution in [2.75, 3.05) is 4.90 Å². The lowest BCUT2D eigenvalue weighted by Crippen LogP contribution is -2.11. The molecule has 2 heteroatoms. The Morgan fingerprint density at radius 3 is 1.47 bits per heavy atom. The van der Waals surface area contributed by atoms with Crippen LogP contribution in [0.1, 0.15) is 0 Å². The van der Waals surface area contributed by atoms with Gasteiger partial charge in [-0.05, 0) is 81.2 Å². The minimum absolute atomic E-state index is 1.07. The van der Waals surface area contributed by atoms with Gasteiger partial charge in [0.2, 0.25) is 0 Å². The number of rotatable bonds is 8. The molecule has 11 aromatic rings. The number of fused-ring (bicyclic) bond motifs is 4. The molecule has 2 nitrogen and oxygen atoms in total. The van der Waals surface area contributed by atoms with E-state index in [2.05, 4.69) is 252 Å². The molecule has 0 spiro atoms. The van der Waals surface area contributed by atoms with E-state index in [-0.39, 0.29) is 0 Å². The summed E-state index contributed by atoms with van der Waals surface area (Å²) in [5.74, 6) is 0. The van der Waals surface area contributed by atoms with E-state index in [4.69, 9.17) is 0 Å². The molecule has 0 aliphatic heterocycles. The van der Waals surface area contributed by atoms with Gasteiger partial charge in [-0.3, -0.25) is 0 Å². The lowest BCUT2D eigenvalue weighted by Gasteiger charge is -2.29. The van der Waals surface area contributed by atoms with E-state index in [0.717, 1.165) is 33.7 Å². The molecule has 0 aliphatic rings. The molecule has 282 valence electrons. The molecule has 0 aliphatic carbocycles. The van der Waals surface area contributed by atoms with Gasteiger partial charge in [-0.15, -0.1) is 0 Å². The van der Waals surface area contributed by atoms with E-state index >= 15 is 0 Å². The number of benzene rings is 10. The molecule has 0 saturated heterocycles. The zero-order valence-corrected chi connectivity index (χ0v) is 33.0. The van der Waals surface area contributed by atoms with Gasteiger partial charge in [0.25, 0.3) is 0 Å². The third-order valence-corrected chi connectivity index (χ3v) is 11.8. The summed E-state index contributed by atoms with van der Waals surface area (Å²) in [5.41, 5.74) is 16.2. The first kappa shape index (κ1) is 35.2. The highest BCUT2D eigenvalue weighted by molar-refractivity contribution is 6.13. The number of hydrogen-bond acceptors (Lipinski definition) is 1. The van der Waals surface area contributed by atoms with Gasteiger partial charge in [-0.2, -0.15) is 0 Å². The van der Waals surface area contributed by atoms with Crippen molar-refractivity contribution in [1.82, 2.24) is 4.57 Å². The quantitative estimate of drug-likeness (QED) is 0.150. The molecule has 1 aromatic heterocycles. The van der Waals surface area contributed by atoms with E-state index in [9.17, 15) is 0 Å². The first-order chi connectivity index (χ1) is 29.8. The molecule has 1 heterocycles. The molecule has 0 fully saturated rings. The number of para-hydroxylation sites is 1. The number of nitrogens with zero attached hydrogens (tertiary/aromatic N) is 2. The monoisotopic (exact) mass is 764 g/mol. The van der Waals surface area contributed by atoms with Crippen LogP contribution in [-0.2, 0) is 0 Å². The normalized spacial score (nSPS) is 11.3. The maximum Gasteiger partial charge on any atom is 0.0618 e. The van der Waals surface area contributed by atoms with Crippen molar-refractivity contribution < 1.29 is 0 Å². The third-order valence-electron chi connectivity index (χ3n) is 11.8. The maximum atomic E-state index is 2.51. The van der Waals surface area contributed by atoms with Crippen molar-refractivity contribution in [3.8, 4) is 50.2 Å². The van der Waals surface area contributed by atoms with Gasteiger partial charge in [0.05, 0.1) is 22.4 Å². The fourth-order valence-corrected chi connectivity index (χ4v) is 8.94. The van der Waals surface area contributed by atoms with Crippen molar-refractivity contribution in [1.29, 1.82) is 0 Å². The Labute approximate surface area is 350 Å². The lowest BCUT2D eigenvalue weighted by atomic mass is 9.96. The number of anilines is 3. The van der Waals surface area contributed by atoms with E-state index in [1.165, 1.54) is 66.1 Å². The van der Waals surface area contributed by atoms with E-state index < -0.39 is 0 Å². The van der Waals surface area contributed by atoms with Gasteiger partial charge in [-0.1, -0.05) is 200 Å². The van der Waals surface area contributed by atoms with Crippen LogP contribution in [-0.4, -0.2) is 4.57 Å². The maximum absolute atomic E-state index is 2.51. The molecule has 10 aromatic carbocycles. The topological polar surface area (TPSA) is 8.17 Å². The van der Waals surface area contributed by atoms with Crippen LogP contribution in [0, 0.1) is 0 Å². The van der Waals surface area contributed by atoms with E-state index in [1.54, 1.807) is 0 Å². The van der Waals surface area contributed by atoms with Gasteiger partial charge < -0.3 is 9.47 Å². The zero-order valence-electron chi connectivity index (χ0n) is 33.0. The van der Waals surface area contributed by atoms with Crippen molar-refractivity contribution in [3.63, 3.8) is 0 Å². The molecule has 0 N–H and O–H groups in total. The molecular formula is C58H40N2. The summed E-state index contributed by atoms with van der Waals surface area (Å²) in [5, 5.41) is 4.86. The molecule has 60 heavy (non-hydrogen) atoms. The molecular weight excluding hydrogens is 725 g/mol. The zero-order chi connectivity index (χ0) is 39.8. The smallest absolute Gasteiger partial charge is 0.0618 e. The van der Waals surface area contributed by atoms with E-state index in [1.807, 2.05) is 0 Å². The third kappa shape index (κ3) is 6.23. The fraction of sp³-hybridized carbons (Fsp3) is 0. The average Bonchev–Trinajstić information content (AvgIpc) is 3.66. The Morgan fingerprint density at radius 1 is 0.283 bits per heavy atom. The van der Waals surface area contributed by atoms with Crippen molar-refractivity contribution in [3.05, 3.63) is 243 Å². The largest absolute Gasteiger partial charge is 0.310 e. The van der Waals surface area contributed by atoms with Crippen LogP contribution in [0.15, 0.2) is 243 Å². The summed E-state index contributed by atoms with van der Waals surface area (Å²) < 4.78 is 2.51. The van der Waals surface area contributed by atoms with Gasteiger partial charge in [0.1, 0.15) is 0 Å². The highest BCUT2D eigenvalue weighted by Crippen LogP contribution is 2.46. The number of aromatic nitrogens is 1. The van der Waals surface area contributed by atoms with Crippen LogP contribution < -0.4 is 4.90 Å². The Balaban J connectivity index is 1.20. The number of hydrogen-bond donors (Lipinski definition) is 0. The van der Waals surface area contributed by atoms with Crippen molar-refractivity contribution in [2.45, 2.75) is 0 Å². The van der Waals surface area contributed by atoms with Gasteiger partial charge in [0, 0.05) is 38.7 Å². The molecule has 0 bridgehead atoms. The highest BCUT2D eigenvalue weighted by atomic mass is 15.1. The molecule has 0 radical (unpaired) electrons. The van der Waals surface area contributed by atoms with Crippen LogP contribution in [0.5, 0.6) is 0 Å². The predicted molar refractivity (Wildman–Crippen MR) is 255 cm³/mol. The average molecular weight is 765 g/mol. The van der Waals surface area contributed by atoms with Gasteiger partial charge >= 0.3 is 0 Å². The molecule has 0 amide bonds. The van der Waals surface area contributed by atoms with Crippen LogP contribution in [0.3, 0.4) is 0 Å². The Hall–Kier alpha value is -7.94. The van der Waals surface area contributed by atoms with Crippen molar-refractivity contribution >= 4 is 49.6 Å². The molecule has 11 rings (SSSR count). The predicted octanol–water partition coefficient (Wildman–Crippen LogP) is 16.1. The van der Waals surface area contributed by atoms with Crippen LogP contribution in [0.4, 0.5) is 17.1 Å². The summed E-state index contributed by atoms with van der Waals surface area (Å²) in [6.45, 7) is 0. The van der Waals surface area contributed by atoms with Crippen molar-refractivity contribution in [2.24, 2.45) is 0 Å². The molecule has 0 atom stereocenters. The summed E-state index contributed by atoms with van der Waals surface area (Å²) in [7, 11) is 0. The SMILES string of the molecule is c1ccc(-c2ccc(N(c3ccc4c5ccccc5n(-c5c(-c6ccccc6)ccc6ccccc56)c4c3)c3ccc(-c4ccccc4)cc3-c3ccccc3)cc2)cc1. The second-order valence-electron chi connectivity index (χ2n) is 15.3. The summed E-state index contributed by atoms with van der Waals surface area (Å²) >= 11 is 0. The standard InChI is InChI=1S/C58H40N2/c1-5-17-41(18-6-1)43-29-33-48(34-30-43)59(56-38-32-47(42-19-7-2-8-20-42)39-54(56)45-23-11-4-12-24-45)49-35-37-53-52-27-15-16-28-55(52)60(57(53)40-49)58-50-26-14-13-25-46(50)31-36-51(58)44-21-9-3-10-22-44/h1-40H. The first-order valence-electron chi connectivity index (χ1n) is 20.6. The van der Waals surface area contributed by atoms with Crippen LogP contribution in [0.25, 0.3) is 82.8 Å². The van der Waals surface area contributed by atoms with Crippen LogP contribution >= 0.6 is 0 Å². The van der Waals surface area contributed by atoms with Gasteiger partial charge in [0.15, 0.2) is 0 Å². The molecule has 0 unspecified atom stereocenters. The highest BCUT2D eigenvalue weighted by Gasteiger charge is 2.23. The minimum Gasteiger partial charge on any atom is -0.310 e.